The second-order valence-electron chi connectivity index (χ2n) is 6.54. The van der Waals surface area contributed by atoms with Crippen LogP contribution in [0, 0.1) is 10.1 Å². The number of aryl methyl sites for hydroxylation is 1. The van der Waals surface area contributed by atoms with E-state index in [1.165, 1.54) is 18.2 Å². The standard InChI is InChI=1S/C17H21N5O3/c1-10(2)21-16-11(9-19-21)4-3-5-15(16)20-17(23)13-8-12(22(24)25)6-7-14(13)18/h6-10,15H,3-5,18H2,1-2H3,(H,20,23)/t15-/m1/s1. The Hall–Kier alpha value is -2.90. The first kappa shape index (κ1) is 16.9. The van der Waals surface area contributed by atoms with Crippen molar-refractivity contribution >= 4 is 17.3 Å². The molecule has 2 aromatic rings. The minimum Gasteiger partial charge on any atom is -0.398 e. The topological polar surface area (TPSA) is 116 Å². The van der Waals surface area contributed by atoms with Gasteiger partial charge in [0.1, 0.15) is 0 Å². The number of amides is 1. The van der Waals surface area contributed by atoms with Crippen LogP contribution in [0.2, 0.25) is 0 Å². The Labute approximate surface area is 145 Å². The first-order chi connectivity index (χ1) is 11.9. The van der Waals surface area contributed by atoms with E-state index in [1.54, 1.807) is 0 Å². The van der Waals surface area contributed by atoms with Crippen molar-refractivity contribution in [3.63, 3.8) is 0 Å². The highest BCUT2D eigenvalue weighted by molar-refractivity contribution is 6.00. The second-order valence-corrected chi connectivity index (χ2v) is 6.54. The van der Waals surface area contributed by atoms with E-state index >= 15 is 0 Å². The predicted molar refractivity (Wildman–Crippen MR) is 93.3 cm³/mol. The fourth-order valence-electron chi connectivity index (χ4n) is 3.26. The second kappa shape index (κ2) is 6.54. The van der Waals surface area contributed by atoms with Crippen LogP contribution in [0.4, 0.5) is 11.4 Å². The van der Waals surface area contributed by atoms with Crippen LogP contribution >= 0.6 is 0 Å². The molecule has 3 rings (SSSR count). The van der Waals surface area contributed by atoms with Gasteiger partial charge in [0, 0.05) is 23.9 Å². The lowest BCUT2D eigenvalue weighted by Crippen LogP contribution is -2.33. The van der Waals surface area contributed by atoms with Gasteiger partial charge in [-0.05, 0) is 44.7 Å². The van der Waals surface area contributed by atoms with Gasteiger partial charge in [-0.3, -0.25) is 19.6 Å². The summed E-state index contributed by atoms with van der Waals surface area (Å²) in [5, 5.41) is 18.4. The van der Waals surface area contributed by atoms with Crippen LogP contribution in [0.25, 0.3) is 0 Å². The molecule has 0 bridgehead atoms. The van der Waals surface area contributed by atoms with E-state index in [2.05, 4.69) is 10.4 Å². The number of non-ortho nitro benzene ring substituents is 1. The largest absolute Gasteiger partial charge is 0.398 e. The number of anilines is 1. The highest BCUT2D eigenvalue weighted by Gasteiger charge is 2.28. The van der Waals surface area contributed by atoms with Gasteiger partial charge in [0.25, 0.3) is 11.6 Å². The first-order valence-corrected chi connectivity index (χ1v) is 8.29. The molecule has 0 saturated carbocycles. The van der Waals surface area contributed by atoms with Crippen molar-refractivity contribution in [3.05, 3.63) is 51.3 Å². The minimum absolute atomic E-state index is 0.122. The van der Waals surface area contributed by atoms with Crippen LogP contribution in [0.1, 0.15) is 60.4 Å². The summed E-state index contributed by atoms with van der Waals surface area (Å²) in [6, 6.07) is 3.90. The van der Waals surface area contributed by atoms with Crippen molar-refractivity contribution in [1.29, 1.82) is 0 Å². The molecule has 132 valence electrons. The van der Waals surface area contributed by atoms with Gasteiger partial charge in [-0.2, -0.15) is 5.10 Å². The number of fused-ring (bicyclic) bond motifs is 1. The van der Waals surface area contributed by atoms with E-state index in [9.17, 15) is 14.9 Å². The van der Waals surface area contributed by atoms with Crippen LogP contribution in [0.5, 0.6) is 0 Å². The molecule has 1 atom stereocenters. The quantitative estimate of drug-likeness (QED) is 0.503. The molecular formula is C17H21N5O3. The van der Waals surface area contributed by atoms with E-state index in [4.69, 9.17) is 5.73 Å². The lowest BCUT2D eigenvalue weighted by Gasteiger charge is -2.26. The van der Waals surface area contributed by atoms with Gasteiger partial charge in [-0.25, -0.2) is 0 Å². The van der Waals surface area contributed by atoms with Crippen molar-refractivity contribution < 1.29 is 9.72 Å². The summed E-state index contributed by atoms with van der Waals surface area (Å²) in [5.74, 6) is -0.407. The van der Waals surface area contributed by atoms with Crippen LogP contribution in [-0.4, -0.2) is 20.6 Å². The highest BCUT2D eigenvalue weighted by atomic mass is 16.6. The van der Waals surface area contributed by atoms with Crippen molar-refractivity contribution in [1.82, 2.24) is 15.1 Å². The smallest absolute Gasteiger partial charge is 0.270 e. The molecule has 0 saturated heterocycles. The molecule has 1 amide bonds. The van der Waals surface area contributed by atoms with Gasteiger partial charge in [0.05, 0.1) is 28.4 Å². The molecule has 1 heterocycles. The van der Waals surface area contributed by atoms with E-state index in [1.807, 2.05) is 24.7 Å². The maximum atomic E-state index is 12.7. The normalized spacial score (nSPS) is 16.5. The Morgan fingerprint density at radius 2 is 2.24 bits per heavy atom. The molecule has 3 N–H and O–H groups in total. The van der Waals surface area contributed by atoms with Crippen LogP contribution in [0.3, 0.4) is 0 Å². The minimum atomic E-state index is -0.539. The number of nitro benzene ring substituents is 1. The average molecular weight is 343 g/mol. The lowest BCUT2D eigenvalue weighted by atomic mass is 9.93. The molecule has 0 radical (unpaired) electrons. The van der Waals surface area contributed by atoms with Gasteiger partial charge in [0.2, 0.25) is 0 Å². The Morgan fingerprint density at radius 3 is 2.92 bits per heavy atom. The molecule has 25 heavy (non-hydrogen) atoms. The average Bonchev–Trinajstić information content (AvgIpc) is 3.00. The van der Waals surface area contributed by atoms with Gasteiger partial charge in [-0.1, -0.05) is 0 Å². The third-order valence-electron chi connectivity index (χ3n) is 4.47. The third-order valence-corrected chi connectivity index (χ3v) is 4.47. The van der Waals surface area contributed by atoms with Crippen molar-refractivity contribution in [3.8, 4) is 0 Å². The fourth-order valence-corrected chi connectivity index (χ4v) is 3.26. The molecule has 0 unspecified atom stereocenters. The summed E-state index contributed by atoms with van der Waals surface area (Å²) in [6.45, 7) is 4.08. The van der Waals surface area contributed by atoms with Gasteiger partial charge in [0.15, 0.2) is 0 Å². The zero-order valence-corrected chi connectivity index (χ0v) is 14.2. The number of aromatic nitrogens is 2. The van der Waals surface area contributed by atoms with Gasteiger partial charge in [-0.15, -0.1) is 0 Å². The van der Waals surface area contributed by atoms with Crippen molar-refractivity contribution in [2.24, 2.45) is 0 Å². The molecule has 8 nitrogen and oxygen atoms in total. The Morgan fingerprint density at radius 1 is 1.48 bits per heavy atom. The Bertz CT molecular complexity index is 828. The van der Waals surface area contributed by atoms with Gasteiger partial charge >= 0.3 is 0 Å². The fraction of sp³-hybridized carbons (Fsp3) is 0.412. The maximum Gasteiger partial charge on any atom is 0.270 e. The predicted octanol–water partition coefficient (Wildman–Crippen LogP) is 2.76. The number of nitro groups is 1. The van der Waals surface area contributed by atoms with E-state index in [-0.39, 0.29) is 29.0 Å². The highest BCUT2D eigenvalue weighted by Crippen LogP contribution is 2.32. The van der Waals surface area contributed by atoms with Crippen LogP contribution in [0.15, 0.2) is 24.4 Å². The number of hydrogen-bond donors (Lipinski definition) is 2. The molecule has 0 spiro atoms. The maximum absolute atomic E-state index is 12.7. The monoisotopic (exact) mass is 343 g/mol. The lowest BCUT2D eigenvalue weighted by molar-refractivity contribution is -0.384. The number of hydrogen-bond acceptors (Lipinski definition) is 5. The number of nitrogens with two attached hydrogens (primary N) is 1. The van der Waals surface area contributed by atoms with E-state index in [0.717, 1.165) is 30.5 Å². The van der Waals surface area contributed by atoms with Crippen LogP contribution < -0.4 is 11.1 Å². The first-order valence-electron chi connectivity index (χ1n) is 8.29. The molecule has 0 fully saturated rings. The Balaban J connectivity index is 1.90. The van der Waals surface area contributed by atoms with Crippen LogP contribution in [-0.2, 0) is 6.42 Å². The summed E-state index contributed by atoms with van der Waals surface area (Å²) in [6.07, 6.45) is 4.54. The van der Waals surface area contributed by atoms with Crippen molar-refractivity contribution in [2.45, 2.75) is 45.2 Å². The zero-order valence-electron chi connectivity index (χ0n) is 14.2. The van der Waals surface area contributed by atoms with E-state index < -0.39 is 10.8 Å². The molecule has 1 aliphatic rings. The third kappa shape index (κ3) is 3.19. The summed E-state index contributed by atoms with van der Waals surface area (Å²) >= 11 is 0. The molecule has 1 aromatic heterocycles. The summed E-state index contributed by atoms with van der Waals surface area (Å²) in [4.78, 5) is 23.1. The zero-order chi connectivity index (χ0) is 18.1. The van der Waals surface area contributed by atoms with Crippen molar-refractivity contribution in [2.75, 3.05) is 5.73 Å². The molecule has 1 aliphatic carbocycles. The summed E-state index contributed by atoms with van der Waals surface area (Å²) < 4.78 is 1.93. The Kier molecular flexibility index (Phi) is 4.43. The van der Waals surface area contributed by atoms with E-state index in [0.29, 0.717) is 0 Å². The molecule has 0 aliphatic heterocycles. The number of benzene rings is 1. The number of nitrogens with zero attached hydrogens (tertiary/aromatic N) is 3. The molecule has 8 heteroatoms. The molecule has 1 aromatic carbocycles. The summed E-state index contributed by atoms with van der Waals surface area (Å²) in [5.41, 5.74) is 8.18. The SMILES string of the molecule is CC(C)n1ncc2c1[C@H](NC(=O)c1cc([N+](=O)[O-])ccc1N)CCC2. The summed E-state index contributed by atoms with van der Waals surface area (Å²) in [7, 11) is 0. The number of nitrogen functional groups attached to an aromatic ring is 1. The number of rotatable bonds is 4. The molecular weight excluding hydrogens is 322 g/mol. The van der Waals surface area contributed by atoms with Gasteiger partial charge < -0.3 is 11.1 Å². The number of carbonyl (C=O) groups is 1. The number of carbonyl (C=O) groups excluding carboxylic acids is 1. The number of nitrogens with one attached hydrogen (secondary N) is 1.